The first kappa shape index (κ1) is 12.7. The molecule has 8 nitrogen and oxygen atoms in total. The molecule has 1 heterocycles. The number of nitrogens with zero attached hydrogens (tertiary/aromatic N) is 3. The summed E-state index contributed by atoms with van der Waals surface area (Å²) >= 11 is 0. The van der Waals surface area contributed by atoms with Crippen molar-refractivity contribution in [3.63, 3.8) is 0 Å². The van der Waals surface area contributed by atoms with Crippen LogP contribution in [0, 0.1) is 6.92 Å². The van der Waals surface area contributed by atoms with E-state index in [-0.39, 0.29) is 5.82 Å². The van der Waals surface area contributed by atoms with Crippen LogP contribution in [0.1, 0.15) is 26.5 Å². The molecule has 0 aliphatic heterocycles. The monoisotopic (exact) mass is 261 g/mol. The summed E-state index contributed by atoms with van der Waals surface area (Å²) in [6.07, 6.45) is 0. The maximum Gasteiger partial charge on any atom is 0.337 e. The molecular formula is C11H11N5O3. The number of tetrazole rings is 1. The van der Waals surface area contributed by atoms with Crippen LogP contribution in [-0.2, 0) is 4.74 Å². The zero-order valence-corrected chi connectivity index (χ0v) is 10.3. The molecule has 0 fully saturated rings. The SMILES string of the molecule is COC(=O)c1ccc(NC(=O)c2nn[nH]n2)c(C)c1. The molecule has 2 N–H and O–H groups in total. The fourth-order valence-corrected chi connectivity index (χ4v) is 1.48. The molecule has 0 spiro atoms. The molecule has 98 valence electrons. The largest absolute Gasteiger partial charge is 0.465 e. The molecule has 0 bridgehead atoms. The minimum Gasteiger partial charge on any atom is -0.465 e. The summed E-state index contributed by atoms with van der Waals surface area (Å²) < 4.78 is 4.61. The fourth-order valence-electron chi connectivity index (χ4n) is 1.48. The Labute approximate surface area is 108 Å². The molecule has 2 rings (SSSR count). The third-order valence-corrected chi connectivity index (χ3v) is 2.44. The van der Waals surface area contributed by atoms with E-state index in [1.807, 2.05) is 0 Å². The molecule has 1 aromatic carbocycles. The van der Waals surface area contributed by atoms with Gasteiger partial charge in [-0.05, 0) is 35.9 Å². The number of H-pyrrole nitrogens is 1. The molecule has 0 aliphatic carbocycles. The van der Waals surface area contributed by atoms with Gasteiger partial charge in [-0.25, -0.2) is 4.79 Å². The number of carbonyl (C=O) groups excluding carboxylic acids is 2. The number of aryl methyl sites for hydroxylation is 1. The number of esters is 1. The van der Waals surface area contributed by atoms with Crippen LogP contribution in [0.25, 0.3) is 0 Å². The number of anilines is 1. The van der Waals surface area contributed by atoms with Crippen molar-refractivity contribution in [3.05, 3.63) is 35.2 Å². The number of benzene rings is 1. The number of carbonyl (C=O) groups is 2. The second kappa shape index (κ2) is 5.25. The lowest BCUT2D eigenvalue weighted by Gasteiger charge is -2.08. The molecule has 0 saturated heterocycles. The topological polar surface area (TPSA) is 110 Å². The first-order chi connectivity index (χ1) is 9.11. The van der Waals surface area contributed by atoms with E-state index in [0.29, 0.717) is 11.3 Å². The summed E-state index contributed by atoms with van der Waals surface area (Å²) in [5.74, 6) is -0.974. The number of aromatic nitrogens is 4. The summed E-state index contributed by atoms with van der Waals surface area (Å²) in [6.45, 7) is 1.76. The minimum atomic E-state index is -0.484. The van der Waals surface area contributed by atoms with Crippen molar-refractivity contribution in [2.24, 2.45) is 0 Å². The van der Waals surface area contributed by atoms with Crippen LogP contribution >= 0.6 is 0 Å². The smallest absolute Gasteiger partial charge is 0.337 e. The van der Waals surface area contributed by atoms with E-state index >= 15 is 0 Å². The number of hydrogen-bond donors (Lipinski definition) is 2. The van der Waals surface area contributed by atoms with Gasteiger partial charge < -0.3 is 10.1 Å². The normalized spacial score (nSPS) is 10.0. The van der Waals surface area contributed by atoms with Gasteiger partial charge in [0.15, 0.2) is 0 Å². The average Bonchev–Trinajstić information content (AvgIpc) is 2.94. The van der Waals surface area contributed by atoms with Gasteiger partial charge in [-0.3, -0.25) is 4.79 Å². The highest BCUT2D eigenvalue weighted by molar-refractivity contribution is 6.02. The van der Waals surface area contributed by atoms with Crippen molar-refractivity contribution < 1.29 is 14.3 Å². The van der Waals surface area contributed by atoms with Crippen LogP contribution in [0.2, 0.25) is 0 Å². The highest BCUT2D eigenvalue weighted by Crippen LogP contribution is 2.17. The molecule has 0 unspecified atom stereocenters. The molecule has 8 heteroatoms. The van der Waals surface area contributed by atoms with Crippen molar-refractivity contribution in [1.29, 1.82) is 0 Å². The third-order valence-electron chi connectivity index (χ3n) is 2.44. The molecule has 0 saturated carbocycles. The van der Waals surface area contributed by atoms with Crippen LogP contribution in [0.15, 0.2) is 18.2 Å². The van der Waals surface area contributed by atoms with Gasteiger partial charge in [0.2, 0.25) is 0 Å². The van der Waals surface area contributed by atoms with Gasteiger partial charge in [-0.2, -0.15) is 5.21 Å². The van der Waals surface area contributed by atoms with E-state index in [9.17, 15) is 9.59 Å². The number of hydrogen-bond acceptors (Lipinski definition) is 6. The highest BCUT2D eigenvalue weighted by Gasteiger charge is 2.13. The van der Waals surface area contributed by atoms with E-state index in [1.54, 1.807) is 25.1 Å². The van der Waals surface area contributed by atoms with E-state index in [4.69, 9.17) is 0 Å². The van der Waals surface area contributed by atoms with Crippen LogP contribution in [-0.4, -0.2) is 39.6 Å². The van der Waals surface area contributed by atoms with Gasteiger partial charge in [-0.1, -0.05) is 0 Å². The lowest BCUT2D eigenvalue weighted by atomic mass is 10.1. The zero-order chi connectivity index (χ0) is 13.8. The predicted octanol–water partition coefficient (Wildman–Crippen LogP) is 0.547. The molecule has 2 aromatic rings. The summed E-state index contributed by atoms with van der Waals surface area (Å²) in [5.41, 5.74) is 1.69. The lowest BCUT2D eigenvalue weighted by molar-refractivity contribution is 0.0600. The van der Waals surface area contributed by atoms with Crippen LogP contribution < -0.4 is 5.32 Å². The first-order valence-corrected chi connectivity index (χ1v) is 5.35. The molecule has 19 heavy (non-hydrogen) atoms. The van der Waals surface area contributed by atoms with Crippen LogP contribution in [0.3, 0.4) is 0 Å². The molecule has 1 amide bonds. The number of aromatic amines is 1. The lowest BCUT2D eigenvalue weighted by Crippen LogP contribution is -2.15. The predicted molar refractivity (Wildman–Crippen MR) is 64.6 cm³/mol. The standard InChI is InChI=1S/C11H11N5O3/c1-6-5-7(11(18)19-2)3-4-8(6)12-10(17)9-13-15-16-14-9/h3-5H,1-2H3,(H,12,17)(H,13,14,15,16). The number of nitrogens with one attached hydrogen (secondary N) is 2. The molecular weight excluding hydrogens is 250 g/mol. The Hall–Kier alpha value is -2.77. The van der Waals surface area contributed by atoms with E-state index < -0.39 is 11.9 Å². The highest BCUT2D eigenvalue weighted by atomic mass is 16.5. The molecule has 0 aliphatic rings. The Bertz CT molecular complexity index is 609. The van der Waals surface area contributed by atoms with Crippen molar-refractivity contribution in [3.8, 4) is 0 Å². The van der Waals surface area contributed by atoms with Crippen LogP contribution in [0.5, 0.6) is 0 Å². The van der Waals surface area contributed by atoms with Crippen molar-refractivity contribution >= 4 is 17.6 Å². The summed E-state index contributed by atoms with van der Waals surface area (Å²) in [4.78, 5) is 23.1. The zero-order valence-electron chi connectivity index (χ0n) is 10.3. The maximum absolute atomic E-state index is 11.7. The second-order valence-electron chi connectivity index (χ2n) is 3.71. The van der Waals surface area contributed by atoms with Crippen LogP contribution in [0.4, 0.5) is 5.69 Å². The molecule has 0 radical (unpaired) electrons. The number of rotatable bonds is 3. The first-order valence-electron chi connectivity index (χ1n) is 5.35. The Balaban J connectivity index is 2.18. The number of ether oxygens (including phenoxy) is 1. The fraction of sp³-hybridized carbons (Fsp3) is 0.182. The van der Waals surface area contributed by atoms with E-state index in [1.165, 1.54) is 7.11 Å². The Morgan fingerprint density at radius 1 is 1.37 bits per heavy atom. The molecule has 0 atom stereocenters. The van der Waals surface area contributed by atoms with Gasteiger partial charge in [-0.15, -0.1) is 10.2 Å². The van der Waals surface area contributed by atoms with E-state index in [2.05, 4.69) is 30.7 Å². The summed E-state index contributed by atoms with van der Waals surface area (Å²) in [6, 6.07) is 4.79. The van der Waals surface area contributed by atoms with E-state index in [0.717, 1.165) is 5.56 Å². The summed E-state index contributed by atoms with van der Waals surface area (Å²) in [7, 11) is 1.31. The number of methoxy groups -OCH3 is 1. The number of amides is 1. The maximum atomic E-state index is 11.7. The van der Waals surface area contributed by atoms with Crippen molar-refractivity contribution in [2.45, 2.75) is 6.92 Å². The average molecular weight is 261 g/mol. The summed E-state index contributed by atoms with van der Waals surface area (Å²) in [5, 5.41) is 15.2. The quantitative estimate of drug-likeness (QED) is 0.780. The second-order valence-corrected chi connectivity index (χ2v) is 3.71. The van der Waals surface area contributed by atoms with Crippen molar-refractivity contribution in [2.75, 3.05) is 12.4 Å². The van der Waals surface area contributed by atoms with Crippen molar-refractivity contribution in [1.82, 2.24) is 20.6 Å². The Kier molecular flexibility index (Phi) is 3.51. The Morgan fingerprint density at radius 2 is 2.16 bits per heavy atom. The van der Waals surface area contributed by atoms with Gasteiger partial charge in [0.05, 0.1) is 12.7 Å². The minimum absolute atomic E-state index is 0.0588. The van der Waals surface area contributed by atoms with Gasteiger partial charge >= 0.3 is 5.97 Å². The molecule has 1 aromatic heterocycles. The van der Waals surface area contributed by atoms with Gasteiger partial charge in [0, 0.05) is 5.69 Å². The third kappa shape index (κ3) is 2.73. The van der Waals surface area contributed by atoms with Gasteiger partial charge in [0.25, 0.3) is 11.7 Å². The van der Waals surface area contributed by atoms with Gasteiger partial charge in [0.1, 0.15) is 0 Å². The Morgan fingerprint density at radius 3 is 2.74 bits per heavy atom.